The van der Waals surface area contributed by atoms with Crippen LogP contribution in [-0.2, 0) is 17.8 Å². The number of nitrogens with zero attached hydrogens (tertiary/aromatic N) is 3. The summed E-state index contributed by atoms with van der Waals surface area (Å²) in [5.41, 5.74) is 0.680. The van der Waals surface area contributed by atoms with Crippen LogP contribution < -0.4 is 0 Å². The fourth-order valence-electron chi connectivity index (χ4n) is 1.45. The minimum Gasteiger partial charge on any atom is -0.481 e. The zero-order valence-electron chi connectivity index (χ0n) is 9.02. The molecule has 1 N–H and O–H groups in total. The van der Waals surface area contributed by atoms with Crippen molar-refractivity contribution in [3.8, 4) is 0 Å². The molecular formula is C10H17N3O2. The Balaban J connectivity index is 2.39. The molecule has 1 aromatic rings. The van der Waals surface area contributed by atoms with E-state index in [2.05, 4.69) is 17.2 Å². The molecule has 0 saturated carbocycles. The number of carboxylic acid groups (broad SMARTS) is 1. The predicted octanol–water partition coefficient (Wildman–Crippen LogP) is 1.49. The van der Waals surface area contributed by atoms with Crippen molar-refractivity contribution in [3.63, 3.8) is 0 Å². The van der Waals surface area contributed by atoms with E-state index < -0.39 is 5.97 Å². The smallest absolute Gasteiger partial charge is 0.309 e. The summed E-state index contributed by atoms with van der Waals surface area (Å²) < 4.78 is 1.68. The molecule has 84 valence electrons. The Labute approximate surface area is 89.1 Å². The third-order valence-electron chi connectivity index (χ3n) is 2.25. The van der Waals surface area contributed by atoms with Gasteiger partial charge < -0.3 is 5.11 Å². The molecule has 1 rings (SSSR count). The molecule has 15 heavy (non-hydrogen) atoms. The third-order valence-corrected chi connectivity index (χ3v) is 2.25. The zero-order chi connectivity index (χ0) is 11.1. The van der Waals surface area contributed by atoms with E-state index in [1.807, 2.05) is 0 Å². The summed E-state index contributed by atoms with van der Waals surface area (Å²) in [6.07, 6.45) is 6.11. The molecule has 0 amide bonds. The lowest BCUT2D eigenvalue weighted by atomic mass is 10.2. The summed E-state index contributed by atoms with van der Waals surface area (Å²) >= 11 is 0. The highest BCUT2D eigenvalue weighted by molar-refractivity contribution is 5.69. The normalized spacial score (nSPS) is 10.5. The summed E-state index contributed by atoms with van der Waals surface area (Å²) in [6, 6.07) is 0. The van der Waals surface area contributed by atoms with Crippen LogP contribution >= 0.6 is 0 Å². The van der Waals surface area contributed by atoms with Gasteiger partial charge in [0.15, 0.2) is 0 Å². The second-order valence-corrected chi connectivity index (χ2v) is 3.58. The van der Waals surface area contributed by atoms with Gasteiger partial charge in [-0.1, -0.05) is 31.4 Å². The number of aromatic nitrogens is 3. The van der Waals surface area contributed by atoms with Crippen molar-refractivity contribution in [2.45, 2.75) is 45.6 Å². The van der Waals surface area contributed by atoms with Crippen LogP contribution in [0.4, 0.5) is 0 Å². The first-order valence-corrected chi connectivity index (χ1v) is 5.33. The lowest BCUT2D eigenvalue weighted by Crippen LogP contribution is -2.09. The van der Waals surface area contributed by atoms with E-state index in [4.69, 9.17) is 5.11 Å². The summed E-state index contributed by atoms with van der Waals surface area (Å²) in [6.45, 7) is 2.92. The van der Waals surface area contributed by atoms with Crippen LogP contribution in [0.15, 0.2) is 6.20 Å². The first-order chi connectivity index (χ1) is 7.24. The molecule has 1 aromatic heterocycles. The molecule has 0 aliphatic heterocycles. The van der Waals surface area contributed by atoms with E-state index >= 15 is 0 Å². The van der Waals surface area contributed by atoms with Crippen LogP contribution in [0.5, 0.6) is 0 Å². The summed E-state index contributed by atoms with van der Waals surface area (Å²) in [5, 5.41) is 16.2. The Bertz CT molecular complexity index is 309. The molecule has 5 heteroatoms. The monoisotopic (exact) mass is 211 g/mol. The van der Waals surface area contributed by atoms with Gasteiger partial charge in [-0.2, -0.15) is 0 Å². The van der Waals surface area contributed by atoms with Gasteiger partial charge in [0.25, 0.3) is 0 Å². The van der Waals surface area contributed by atoms with Gasteiger partial charge in [-0.25, -0.2) is 4.68 Å². The Morgan fingerprint density at radius 3 is 2.93 bits per heavy atom. The molecule has 0 radical (unpaired) electrons. The van der Waals surface area contributed by atoms with Gasteiger partial charge in [0.05, 0.1) is 18.3 Å². The first-order valence-electron chi connectivity index (χ1n) is 5.33. The minimum atomic E-state index is -0.841. The lowest BCUT2D eigenvalue weighted by Gasteiger charge is -2.03. The van der Waals surface area contributed by atoms with E-state index in [0.29, 0.717) is 5.69 Å². The predicted molar refractivity (Wildman–Crippen MR) is 55.5 cm³/mol. The average molecular weight is 211 g/mol. The highest BCUT2D eigenvalue weighted by Crippen LogP contribution is 2.04. The van der Waals surface area contributed by atoms with Crippen molar-refractivity contribution < 1.29 is 9.90 Å². The molecule has 0 aliphatic carbocycles. The van der Waals surface area contributed by atoms with Gasteiger partial charge in [-0.3, -0.25) is 4.79 Å². The molecule has 0 saturated heterocycles. The maximum Gasteiger partial charge on any atom is 0.309 e. The maximum atomic E-state index is 10.5. The van der Waals surface area contributed by atoms with Crippen molar-refractivity contribution in [1.29, 1.82) is 0 Å². The van der Waals surface area contributed by atoms with E-state index in [-0.39, 0.29) is 6.42 Å². The van der Waals surface area contributed by atoms with Gasteiger partial charge in [0.2, 0.25) is 0 Å². The van der Waals surface area contributed by atoms with E-state index in [0.717, 1.165) is 19.4 Å². The Hall–Kier alpha value is -1.39. The van der Waals surface area contributed by atoms with E-state index in [9.17, 15) is 4.79 Å². The van der Waals surface area contributed by atoms with Gasteiger partial charge in [0.1, 0.15) is 0 Å². The van der Waals surface area contributed by atoms with Crippen molar-refractivity contribution in [1.82, 2.24) is 15.0 Å². The topological polar surface area (TPSA) is 68.0 Å². The Kier molecular flexibility index (Phi) is 4.80. The first kappa shape index (κ1) is 11.7. The number of unbranched alkanes of at least 4 members (excludes halogenated alkanes) is 3. The molecule has 0 bridgehead atoms. The fraction of sp³-hybridized carbons (Fsp3) is 0.700. The molecule has 0 fully saturated rings. The number of carbonyl (C=O) groups is 1. The molecule has 0 aromatic carbocycles. The van der Waals surface area contributed by atoms with Crippen LogP contribution in [0.25, 0.3) is 0 Å². The highest BCUT2D eigenvalue weighted by atomic mass is 16.4. The van der Waals surface area contributed by atoms with Gasteiger partial charge >= 0.3 is 5.97 Å². The summed E-state index contributed by atoms with van der Waals surface area (Å²) in [4.78, 5) is 10.5. The largest absolute Gasteiger partial charge is 0.481 e. The zero-order valence-corrected chi connectivity index (χ0v) is 9.02. The number of aliphatic carboxylic acids is 1. The number of carboxylic acids is 1. The molecule has 0 unspecified atom stereocenters. The highest BCUT2D eigenvalue weighted by Gasteiger charge is 2.07. The van der Waals surface area contributed by atoms with Gasteiger partial charge in [-0.05, 0) is 6.42 Å². The summed E-state index contributed by atoms with van der Waals surface area (Å²) in [5.74, 6) is -0.841. The standard InChI is InChI=1S/C10H17N3O2/c1-2-3-4-5-6-13-9(7-10(14)15)8-11-12-13/h8H,2-7H2,1H3,(H,14,15). The van der Waals surface area contributed by atoms with Crippen LogP contribution in [0, 0.1) is 0 Å². The minimum absolute atomic E-state index is 0.000772. The number of hydrogen-bond acceptors (Lipinski definition) is 3. The number of hydrogen-bond donors (Lipinski definition) is 1. The van der Waals surface area contributed by atoms with Gasteiger partial charge in [-0.15, -0.1) is 5.10 Å². The fourth-order valence-corrected chi connectivity index (χ4v) is 1.45. The average Bonchev–Trinajstić information content (AvgIpc) is 2.59. The van der Waals surface area contributed by atoms with Crippen molar-refractivity contribution >= 4 is 5.97 Å². The molecule has 5 nitrogen and oxygen atoms in total. The SMILES string of the molecule is CCCCCCn1nncc1CC(=O)O. The van der Waals surface area contributed by atoms with E-state index in [1.165, 1.54) is 19.0 Å². The summed E-state index contributed by atoms with van der Waals surface area (Å²) in [7, 11) is 0. The number of rotatable bonds is 7. The van der Waals surface area contributed by atoms with Crippen LogP contribution in [-0.4, -0.2) is 26.1 Å². The van der Waals surface area contributed by atoms with Crippen LogP contribution in [0.1, 0.15) is 38.3 Å². The second kappa shape index (κ2) is 6.16. The number of aryl methyl sites for hydroxylation is 1. The third kappa shape index (κ3) is 4.10. The van der Waals surface area contributed by atoms with Crippen molar-refractivity contribution in [2.24, 2.45) is 0 Å². The molecule has 0 atom stereocenters. The van der Waals surface area contributed by atoms with Crippen LogP contribution in [0.3, 0.4) is 0 Å². The van der Waals surface area contributed by atoms with Crippen molar-refractivity contribution in [3.05, 3.63) is 11.9 Å². The Morgan fingerprint density at radius 1 is 1.47 bits per heavy atom. The van der Waals surface area contributed by atoms with Crippen LogP contribution in [0.2, 0.25) is 0 Å². The molecule has 0 spiro atoms. The molecular weight excluding hydrogens is 194 g/mol. The quantitative estimate of drug-likeness (QED) is 0.694. The lowest BCUT2D eigenvalue weighted by molar-refractivity contribution is -0.136. The Morgan fingerprint density at radius 2 is 2.27 bits per heavy atom. The van der Waals surface area contributed by atoms with E-state index in [1.54, 1.807) is 4.68 Å². The molecule has 0 aliphatic rings. The molecule has 1 heterocycles. The second-order valence-electron chi connectivity index (χ2n) is 3.58. The van der Waals surface area contributed by atoms with Crippen molar-refractivity contribution in [2.75, 3.05) is 0 Å². The van der Waals surface area contributed by atoms with Gasteiger partial charge in [0, 0.05) is 6.54 Å². The maximum absolute atomic E-state index is 10.5.